The van der Waals surface area contributed by atoms with Crippen LogP contribution in [0.25, 0.3) is 0 Å². The van der Waals surface area contributed by atoms with Crippen molar-refractivity contribution in [2.45, 2.75) is 45.2 Å². The van der Waals surface area contributed by atoms with Crippen LogP contribution in [0.2, 0.25) is 0 Å². The number of nitrogens with zero attached hydrogens (tertiary/aromatic N) is 4. The maximum atomic E-state index is 15.1. The van der Waals surface area contributed by atoms with Crippen LogP contribution in [0.1, 0.15) is 42.3 Å². The number of amides is 3. The Balaban J connectivity index is 1.54. The number of halogens is 3. The van der Waals surface area contributed by atoms with Crippen LogP contribution in [-0.4, -0.2) is 39.7 Å². The van der Waals surface area contributed by atoms with Crippen LogP contribution in [0.15, 0.2) is 18.2 Å². The lowest BCUT2D eigenvalue weighted by Gasteiger charge is -2.28. The number of urea groups is 1. The maximum absolute atomic E-state index is 15.1. The Kier molecular flexibility index (Phi) is 6.01. The molecule has 1 aromatic carbocycles. The van der Waals surface area contributed by atoms with Crippen LogP contribution in [0.4, 0.5) is 23.7 Å². The van der Waals surface area contributed by atoms with E-state index in [2.05, 4.69) is 15.7 Å². The minimum absolute atomic E-state index is 0.0330. The van der Waals surface area contributed by atoms with Gasteiger partial charge < -0.3 is 15.5 Å². The summed E-state index contributed by atoms with van der Waals surface area (Å²) in [7, 11) is 0. The number of fused-ring (bicyclic) bond motifs is 3. The molecule has 33 heavy (non-hydrogen) atoms. The van der Waals surface area contributed by atoms with E-state index in [-0.39, 0.29) is 61.2 Å². The van der Waals surface area contributed by atoms with Crippen LogP contribution >= 0.6 is 0 Å². The van der Waals surface area contributed by atoms with E-state index in [4.69, 9.17) is 5.26 Å². The lowest BCUT2D eigenvalue weighted by molar-refractivity contribution is -0.119. The third-order valence-electron chi connectivity index (χ3n) is 6.01. The van der Waals surface area contributed by atoms with Crippen LogP contribution in [-0.2, 0) is 30.2 Å². The number of carbonyl (C=O) groups excluding carboxylic acids is 2. The number of alkyl halides is 2. The van der Waals surface area contributed by atoms with Gasteiger partial charge >= 0.3 is 6.03 Å². The molecular weight excluding hydrogens is 437 g/mol. The Bertz CT molecular complexity index is 1140. The van der Waals surface area contributed by atoms with E-state index in [0.29, 0.717) is 24.2 Å². The molecule has 2 N–H and O–H groups in total. The van der Waals surface area contributed by atoms with Crippen LogP contribution in [0.5, 0.6) is 0 Å². The second-order valence-electron chi connectivity index (χ2n) is 8.41. The molecule has 0 radical (unpaired) electrons. The van der Waals surface area contributed by atoms with Crippen molar-refractivity contribution in [3.63, 3.8) is 0 Å². The Morgan fingerprint density at radius 3 is 2.88 bits per heavy atom. The van der Waals surface area contributed by atoms with Gasteiger partial charge in [-0.05, 0) is 30.5 Å². The van der Waals surface area contributed by atoms with Crippen molar-refractivity contribution in [3.8, 4) is 6.07 Å². The second kappa shape index (κ2) is 8.77. The van der Waals surface area contributed by atoms with Gasteiger partial charge in [0.25, 0.3) is 5.92 Å². The normalized spacial score (nSPS) is 19.0. The molecule has 1 atom stereocenters. The van der Waals surface area contributed by atoms with Gasteiger partial charge in [0.1, 0.15) is 17.6 Å². The highest BCUT2D eigenvalue weighted by atomic mass is 19.3. The van der Waals surface area contributed by atoms with E-state index in [9.17, 15) is 14.0 Å². The van der Waals surface area contributed by atoms with Gasteiger partial charge in [0, 0.05) is 50.7 Å². The topological polar surface area (TPSA) is 103 Å². The summed E-state index contributed by atoms with van der Waals surface area (Å²) in [6, 6.07) is 4.81. The number of hydrogen-bond donors (Lipinski definition) is 2. The molecular formula is C22H23F3N6O2. The first-order chi connectivity index (χ1) is 15.7. The van der Waals surface area contributed by atoms with Crippen LogP contribution < -0.4 is 10.6 Å². The molecule has 0 fully saturated rings. The zero-order valence-corrected chi connectivity index (χ0v) is 18.0. The Morgan fingerprint density at radius 1 is 1.36 bits per heavy atom. The fourth-order valence-electron chi connectivity index (χ4n) is 4.33. The Labute approximate surface area is 188 Å². The molecule has 3 heterocycles. The number of nitriles is 1. The van der Waals surface area contributed by atoms with Crippen molar-refractivity contribution < 1.29 is 22.8 Å². The van der Waals surface area contributed by atoms with Crippen molar-refractivity contribution in [1.82, 2.24) is 20.0 Å². The minimum atomic E-state index is -3.11. The zero-order chi connectivity index (χ0) is 23.8. The third-order valence-corrected chi connectivity index (χ3v) is 6.01. The second-order valence-corrected chi connectivity index (χ2v) is 8.41. The molecule has 8 nitrogen and oxygen atoms in total. The lowest BCUT2D eigenvalue weighted by atomic mass is 9.98. The highest BCUT2D eigenvalue weighted by Crippen LogP contribution is 2.41. The van der Waals surface area contributed by atoms with Gasteiger partial charge in [-0.2, -0.15) is 19.1 Å². The van der Waals surface area contributed by atoms with E-state index >= 15 is 8.78 Å². The number of rotatable bonds is 3. The molecule has 11 heteroatoms. The highest BCUT2D eigenvalue weighted by molar-refractivity contribution is 5.89. The monoisotopic (exact) mass is 460 g/mol. The summed E-state index contributed by atoms with van der Waals surface area (Å²) in [4.78, 5) is 25.4. The molecule has 0 bridgehead atoms. The Hall–Kier alpha value is -3.55. The molecule has 174 valence electrons. The summed E-state index contributed by atoms with van der Waals surface area (Å²) in [6.45, 7) is 2.19. The maximum Gasteiger partial charge on any atom is 0.322 e. The average Bonchev–Trinajstić information content (AvgIpc) is 3.08. The summed E-state index contributed by atoms with van der Waals surface area (Å²) in [5, 5.41) is 18.7. The number of benzene rings is 1. The number of nitrogens with one attached hydrogen (secondary N) is 2. The van der Waals surface area contributed by atoms with E-state index in [1.54, 1.807) is 6.07 Å². The average molecular weight is 460 g/mol. The molecule has 1 unspecified atom stereocenters. The van der Waals surface area contributed by atoms with Crippen molar-refractivity contribution in [3.05, 3.63) is 46.5 Å². The smallest absolute Gasteiger partial charge is 0.322 e. The fourth-order valence-corrected chi connectivity index (χ4v) is 4.33. The van der Waals surface area contributed by atoms with Gasteiger partial charge in [0.2, 0.25) is 5.91 Å². The van der Waals surface area contributed by atoms with Gasteiger partial charge in [-0.15, -0.1) is 0 Å². The van der Waals surface area contributed by atoms with Gasteiger partial charge in [-0.25, -0.2) is 9.18 Å². The quantitative estimate of drug-likeness (QED) is 0.735. The summed E-state index contributed by atoms with van der Waals surface area (Å²) in [6.07, 6.45) is 0.192. The molecule has 2 aliphatic heterocycles. The molecule has 4 rings (SSSR count). The Morgan fingerprint density at radius 2 is 2.15 bits per heavy atom. The van der Waals surface area contributed by atoms with Crippen molar-refractivity contribution in [1.29, 1.82) is 5.26 Å². The van der Waals surface area contributed by atoms with E-state index < -0.39 is 17.8 Å². The van der Waals surface area contributed by atoms with E-state index in [1.165, 1.54) is 28.6 Å². The highest BCUT2D eigenvalue weighted by Gasteiger charge is 2.43. The van der Waals surface area contributed by atoms with Crippen molar-refractivity contribution in [2.75, 3.05) is 18.4 Å². The molecule has 0 aliphatic carbocycles. The van der Waals surface area contributed by atoms with Gasteiger partial charge in [-0.1, -0.05) is 0 Å². The summed E-state index contributed by atoms with van der Waals surface area (Å²) in [5.41, 5.74) is 0.752. The summed E-state index contributed by atoms with van der Waals surface area (Å²) >= 11 is 0. The van der Waals surface area contributed by atoms with Gasteiger partial charge in [0.15, 0.2) is 0 Å². The standard InChI is InChI=1S/C22H23F3N6O2/c1-13(32)27-10-14-4-6-22(24,25)20-17-12-30(7-5-19(17)29-31(20)11-14)21(33)28-16-2-3-18(23)15(8-16)9-26/h2-3,8,14H,4-7,10-12H2,1H3,(H,27,32)(H,28,33). The largest absolute Gasteiger partial charge is 0.356 e. The molecule has 2 aromatic rings. The summed E-state index contributed by atoms with van der Waals surface area (Å²) in [5.74, 6) is -4.19. The first-order valence-electron chi connectivity index (χ1n) is 10.6. The van der Waals surface area contributed by atoms with Crippen molar-refractivity contribution >= 4 is 17.6 Å². The number of carbonyl (C=O) groups is 2. The van der Waals surface area contributed by atoms with E-state index in [0.717, 1.165) is 6.07 Å². The zero-order valence-electron chi connectivity index (χ0n) is 18.0. The van der Waals surface area contributed by atoms with Crippen LogP contribution in [0.3, 0.4) is 0 Å². The van der Waals surface area contributed by atoms with Crippen LogP contribution in [0, 0.1) is 23.1 Å². The minimum Gasteiger partial charge on any atom is -0.356 e. The fraction of sp³-hybridized carbons (Fsp3) is 0.455. The molecule has 0 saturated heterocycles. The van der Waals surface area contributed by atoms with Crippen molar-refractivity contribution in [2.24, 2.45) is 5.92 Å². The van der Waals surface area contributed by atoms with Gasteiger partial charge in [0.05, 0.1) is 17.8 Å². The molecule has 1 aromatic heterocycles. The number of aromatic nitrogens is 2. The molecule has 3 amide bonds. The van der Waals surface area contributed by atoms with E-state index in [1.807, 2.05) is 0 Å². The predicted molar refractivity (Wildman–Crippen MR) is 112 cm³/mol. The SMILES string of the molecule is CC(=O)NCC1CCC(F)(F)c2c3c(nn2C1)CCN(C(=O)Nc1ccc(F)c(C#N)c1)C3. The lowest BCUT2D eigenvalue weighted by Crippen LogP contribution is -2.39. The first-order valence-corrected chi connectivity index (χ1v) is 10.6. The summed E-state index contributed by atoms with van der Waals surface area (Å²) < 4.78 is 45.1. The first kappa shape index (κ1) is 22.6. The third kappa shape index (κ3) is 4.65. The number of anilines is 1. The number of hydrogen-bond acceptors (Lipinski definition) is 4. The molecule has 0 spiro atoms. The molecule has 2 aliphatic rings. The van der Waals surface area contributed by atoms with Gasteiger partial charge in [-0.3, -0.25) is 9.48 Å². The predicted octanol–water partition coefficient (Wildman–Crippen LogP) is 3.12. The molecule has 0 saturated carbocycles.